The van der Waals surface area contributed by atoms with E-state index in [0.29, 0.717) is 22.2 Å². The zero-order valence-electron chi connectivity index (χ0n) is 17.5. The van der Waals surface area contributed by atoms with Crippen LogP contribution in [0.15, 0.2) is 47.9 Å². The molecule has 0 bridgehead atoms. The molecule has 5 nitrogen and oxygen atoms in total. The number of alkyl halides is 3. The highest BCUT2D eigenvalue weighted by molar-refractivity contribution is 6.30. The van der Waals surface area contributed by atoms with Gasteiger partial charge in [0.1, 0.15) is 5.65 Å². The van der Waals surface area contributed by atoms with Crippen molar-refractivity contribution >= 4 is 34.4 Å². The molecular formula is C24H21ClF3N5. The van der Waals surface area contributed by atoms with Crippen LogP contribution < -0.4 is 11.1 Å². The standard InChI is InChI=1S/C24H21ClF3N5/c25-19-3-4-22(24(26,27)28)15(9-19)1-2-16-12-32-23-21(16)10-17(13-33-23)18(11-29)14-31-20-5-7-30-8-6-20/h3-4,9-14,20,30H,5-8,29H2,(H,32,33). The Labute approximate surface area is 194 Å². The van der Waals surface area contributed by atoms with Crippen molar-refractivity contribution in [1.82, 2.24) is 15.3 Å². The van der Waals surface area contributed by atoms with Crippen LogP contribution in [-0.2, 0) is 6.18 Å². The summed E-state index contributed by atoms with van der Waals surface area (Å²) in [7, 11) is 0. The molecule has 4 rings (SSSR count). The van der Waals surface area contributed by atoms with Crippen LogP contribution in [0.3, 0.4) is 0 Å². The van der Waals surface area contributed by atoms with E-state index < -0.39 is 11.7 Å². The van der Waals surface area contributed by atoms with Crippen LogP contribution in [0.25, 0.3) is 16.6 Å². The average Bonchev–Trinajstić information content (AvgIpc) is 3.20. The molecule has 1 aromatic carbocycles. The number of hydrogen-bond acceptors (Lipinski definition) is 4. The largest absolute Gasteiger partial charge is 0.417 e. The molecule has 0 aliphatic carbocycles. The molecule has 33 heavy (non-hydrogen) atoms. The number of hydrogen-bond donors (Lipinski definition) is 3. The maximum absolute atomic E-state index is 13.3. The molecule has 0 radical (unpaired) electrons. The fourth-order valence-corrected chi connectivity index (χ4v) is 3.79. The molecule has 1 saturated heterocycles. The summed E-state index contributed by atoms with van der Waals surface area (Å²) in [6.07, 6.45) is 3.89. The van der Waals surface area contributed by atoms with Gasteiger partial charge in [0.15, 0.2) is 0 Å². The van der Waals surface area contributed by atoms with E-state index >= 15 is 0 Å². The summed E-state index contributed by atoms with van der Waals surface area (Å²) in [5.41, 5.74) is 7.34. The lowest BCUT2D eigenvalue weighted by Crippen LogP contribution is -2.29. The average molecular weight is 472 g/mol. The number of halogens is 4. The number of benzene rings is 1. The molecule has 0 spiro atoms. The Morgan fingerprint density at radius 2 is 1.94 bits per heavy atom. The third kappa shape index (κ3) is 5.38. The Morgan fingerprint density at radius 3 is 2.67 bits per heavy atom. The van der Waals surface area contributed by atoms with Crippen LogP contribution in [0.2, 0.25) is 5.02 Å². The van der Waals surface area contributed by atoms with Gasteiger partial charge in [-0.2, -0.15) is 13.2 Å². The summed E-state index contributed by atoms with van der Waals surface area (Å²) < 4.78 is 40.0. The molecule has 3 heterocycles. The Balaban J connectivity index is 1.66. The SMILES string of the molecule is NC=C(C=NC1CCNCC1)c1cnc2[nH]cc(C#Cc3cc(Cl)ccc3C(F)(F)F)c2c1. The van der Waals surface area contributed by atoms with Gasteiger partial charge in [-0.1, -0.05) is 23.4 Å². The van der Waals surface area contributed by atoms with Gasteiger partial charge in [-0.15, -0.1) is 0 Å². The lowest BCUT2D eigenvalue weighted by molar-refractivity contribution is -0.137. The number of aromatic nitrogens is 2. The number of piperidine rings is 1. The minimum Gasteiger partial charge on any atom is -0.404 e. The lowest BCUT2D eigenvalue weighted by atomic mass is 10.1. The fourth-order valence-electron chi connectivity index (χ4n) is 3.62. The van der Waals surface area contributed by atoms with Crippen molar-refractivity contribution in [2.45, 2.75) is 25.1 Å². The Bertz CT molecular complexity index is 1270. The second-order valence-corrected chi connectivity index (χ2v) is 8.08. The van der Waals surface area contributed by atoms with Gasteiger partial charge in [0.2, 0.25) is 0 Å². The van der Waals surface area contributed by atoms with Crippen LogP contribution in [0.4, 0.5) is 13.2 Å². The molecular weight excluding hydrogens is 451 g/mol. The normalized spacial score (nSPS) is 15.7. The number of allylic oxidation sites excluding steroid dienone is 1. The molecule has 3 aromatic rings. The van der Waals surface area contributed by atoms with Gasteiger partial charge >= 0.3 is 6.18 Å². The number of pyridine rings is 1. The first-order valence-corrected chi connectivity index (χ1v) is 10.7. The van der Waals surface area contributed by atoms with Crippen molar-refractivity contribution in [3.8, 4) is 11.8 Å². The zero-order valence-corrected chi connectivity index (χ0v) is 18.3. The third-order valence-electron chi connectivity index (χ3n) is 5.40. The topological polar surface area (TPSA) is 79.1 Å². The van der Waals surface area contributed by atoms with Crippen LogP contribution in [-0.4, -0.2) is 35.3 Å². The quantitative estimate of drug-likeness (QED) is 0.381. The lowest BCUT2D eigenvalue weighted by Gasteiger charge is -2.18. The number of nitrogens with one attached hydrogen (secondary N) is 2. The summed E-state index contributed by atoms with van der Waals surface area (Å²) in [5, 5.41) is 4.15. The maximum Gasteiger partial charge on any atom is 0.417 e. The number of aromatic amines is 1. The summed E-state index contributed by atoms with van der Waals surface area (Å²) in [6, 6.07) is 5.43. The zero-order chi connectivity index (χ0) is 23.4. The predicted molar refractivity (Wildman–Crippen MR) is 125 cm³/mol. The summed E-state index contributed by atoms with van der Waals surface area (Å²) in [4.78, 5) is 12.0. The van der Waals surface area contributed by atoms with Crippen molar-refractivity contribution in [3.05, 3.63) is 70.1 Å². The van der Waals surface area contributed by atoms with Gasteiger partial charge in [0.05, 0.1) is 17.2 Å². The number of nitrogens with two attached hydrogens (primary N) is 1. The Morgan fingerprint density at radius 1 is 1.18 bits per heavy atom. The first-order valence-electron chi connectivity index (χ1n) is 10.4. The van der Waals surface area contributed by atoms with Gasteiger partial charge in [-0.05, 0) is 50.2 Å². The van der Waals surface area contributed by atoms with Gasteiger partial charge in [-0.25, -0.2) is 4.98 Å². The molecule has 0 atom stereocenters. The number of aliphatic imine (C=N–C) groups is 1. The smallest absolute Gasteiger partial charge is 0.404 e. The van der Waals surface area contributed by atoms with Crippen molar-refractivity contribution < 1.29 is 13.2 Å². The highest BCUT2D eigenvalue weighted by Crippen LogP contribution is 2.33. The van der Waals surface area contributed by atoms with Gasteiger partial charge in [-0.3, -0.25) is 4.99 Å². The van der Waals surface area contributed by atoms with E-state index in [4.69, 9.17) is 17.3 Å². The number of fused-ring (bicyclic) bond motifs is 1. The first-order chi connectivity index (χ1) is 15.8. The molecule has 1 aliphatic heterocycles. The summed E-state index contributed by atoms with van der Waals surface area (Å²) in [6.45, 7) is 1.87. The molecule has 1 fully saturated rings. The Kier molecular flexibility index (Phi) is 6.72. The molecule has 9 heteroatoms. The number of nitrogens with zero attached hydrogens (tertiary/aromatic N) is 2. The molecule has 0 unspecified atom stereocenters. The van der Waals surface area contributed by atoms with Gasteiger partial charge in [0.25, 0.3) is 0 Å². The molecule has 4 N–H and O–H groups in total. The van der Waals surface area contributed by atoms with Gasteiger partial charge in [0, 0.05) is 51.9 Å². The van der Waals surface area contributed by atoms with E-state index in [-0.39, 0.29) is 16.6 Å². The monoisotopic (exact) mass is 471 g/mol. The second kappa shape index (κ2) is 9.69. The van der Waals surface area contributed by atoms with E-state index in [9.17, 15) is 13.2 Å². The van der Waals surface area contributed by atoms with E-state index in [0.717, 1.165) is 37.6 Å². The van der Waals surface area contributed by atoms with Crippen LogP contribution in [0.1, 0.15) is 35.1 Å². The van der Waals surface area contributed by atoms with Crippen LogP contribution in [0.5, 0.6) is 0 Å². The number of rotatable bonds is 3. The van der Waals surface area contributed by atoms with Crippen molar-refractivity contribution in [3.63, 3.8) is 0 Å². The van der Waals surface area contributed by atoms with Crippen molar-refractivity contribution in [2.75, 3.05) is 13.1 Å². The van der Waals surface area contributed by atoms with Crippen LogP contribution >= 0.6 is 11.6 Å². The Hall–Kier alpha value is -3.28. The molecule has 2 aromatic heterocycles. The molecule has 0 amide bonds. The second-order valence-electron chi connectivity index (χ2n) is 7.64. The van der Waals surface area contributed by atoms with E-state index in [1.807, 2.05) is 6.07 Å². The maximum atomic E-state index is 13.3. The molecule has 1 aliphatic rings. The summed E-state index contributed by atoms with van der Waals surface area (Å²) >= 11 is 5.89. The minimum atomic E-state index is -4.53. The molecule has 170 valence electrons. The highest BCUT2D eigenvalue weighted by atomic mass is 35.5. The minimum absolute atomic E-state index is 0.181. The van der Waals surface area contributed by atoms with Crippen LogP contribution in [0, 0.1) is 11.8 Å². The summed E-state index contributed by atoms with van der Waals surface area (Å²) in [5.74, 6) is 5.43. The van der Waals surface area contributed by atoms with Gasteiger partial charge < -0.3 is 16.0 Å². The van der Waals surface area contributed by atoms with Crippen molar-refractivity contribution in [2.24, 2.45) is 10.7 Å². The van der Waals surface area contributed by atoms with Crippen molar-refractivity contribution in [1.29, 1.82) is 0 Å². The third-order valence-corrected chi connectivity index (χ3v) is 5.63. The predicted octanol–water partition coefficient (Wildman–Crippen LogP) is 4.76. The van der Waals surface area contributed by atoms with E-state index in [1.54, 1.807) is 18.6 Å². The molecule has 0 saturated carbocycles. The fraction of sp³-hybridized carbons (Fsp3) is 0.250. The number of H-pyrrole nitrogens is 1. The highest BCUT2D eigenvalue weighted by Gasteiger charge is 2.33. The first kappa shape index (κ1) is 22.9. The van der Waals surface area contributed by atoms with E-state index in [1.165, 1.54) is 18.3 Å². The van der Waals surface area contributed by atoms with E-state index in [2.05, 4.69) is 32.1 Å².